The van der Waals surface area contributed by atoms with Gasteiger partial charge < -0.3 is 14.6 Å². The van der Waals surface area contributed by atoms with Gasteiger partial charge in [-0.2, -0.15) is 0 Å². The van der Waals surface area contributed by atoms with Gasteiger partial charge in [0.2, 0.25) is 0 Å². The van der Waals surface area contributed by atoms with Crippen LogP contribution in [0.4, 0.5) is 0 Å². The quantitative estimate of drug-likeness (QED) is 0.328. The van der Waals surface area contributed by atoms with Crippen LogP contribution in [0.2, 0.25) is 0 Å². The van der Waals surface area contributed by atoms with E-state index in [0.29, 0.717) is 0 Å². The number of ether oxygens (including phenoxy) is 2. The van der Waals surface area contributed by atoms with Crippen LogP contribution in [-0.4, -0.2) is 46.1 Å². The lowest BCUT2D eigenvalue weighted by atomic mass is 9.71. The van der Waals surface area contributed by atoms with Gasteiger partial charge in [-0.25, -0.2) is 14.6 Å². The van der Waals surface area contributed by atoms with E-state index >= 15 is 0 Å². The largest absolute Gasteiger partial charge is 0.462 e. The van der Waals surface area contributed by atoms with Crippen molar-refractivity contribution in [3.05, 3.63) is 24.3 Å². The maximum atomic E-state index is 12.1. The Labute approximate surface area is 139 Å². The highest BCUT2D eigenvalue weighted by atomic mass is 17.2. The molecule has 2 bridgehead atoms. The third-order valence-corrected chi connectivity index (χ3v) is 5.85. The predicted molar refractivity (Wildman–Crippen MR) is 79.2 cm³/mol. The first-order valence-corrected chi connectivity index (χ1v) is 7.98. The zero-order valence-corrected chi connectivity index (χ0v) is 13.8. The van der Waals surface area contributed by atoms with Crippen LogP contribution in [-0.2, 0) is 28.8 Å². The van der Waals surface area contributed by atoms with E-state index in [-0.39, 0.29) is 12.0 Å². The van der Waals surface area contributed by atoms with Crippen molar-refractivity contribution in [2.75, 3.05) is 0 Å². The van der Waals surface area contributed by atoms with Gasteiger partial charge >= 0.3 is 11.9 Å². The molecule has 4 rings (SSSR count). The van der Waals surface area contributed by atoms with E-state index in [1.165, 1.54) is 6.92 Å². The summed E-state index contributed by atoms with van der Waals surface area (Å²) in [4.78, 5) is 34.8. The summed E-state index contributed by atoms with van der Waals surface area (Å²) in [5, 5.41) is 11.2. The molecule has 7 atom stereocenters. The zero-order valence-electron chi connectivity index (χ0n) is 13.8. The van der Waals surface area contributed by atoms with Gasteiger partial charge in [0, 0.05) is 18.9 Å². The lowest BCUT2D eigenvalue weighted by Gasteiger charge is -2.39. The third-order valence-electron chi connectivity index (χ3n) is 5.85. The number of carbonyl (C=O) groups is 2. The van der Waals surface area contributed by atoms with Gasteiger partial charge in [-0.1, -0.05) is 12.7 Å². The number of rotatable bonds is 1. The van der Waals surface area contributed by atoms with Gasteiger partial charge in [-0.15, -0.1) is 0 Å². The standard InChI is InChI=1S/C17H20O7/c1-8-11-10(21-9(2)18)7-16(4,20)17-6-5-15(3,23-24-17)13(17)12(11)22-14(8)19/h5-6,10-13,20H,1,7H2,2-4H3/t10-,11+,12-,13-,15+,16+,17-/m0/s1. The van der Waals surface area contributed by atoms with Crippen LogP contribution < -0.4 is 0 Å². The summed E-state index contributed by atoms with van der Waals surface area (Å²) in [6.07, 6.45) is 2.27. The van der Waals surface area contributed by atoms with Crippen LogP contribution in [0.25, 0.3) is 0 Å². The second-order valence-corrected chi connectivity index (χ2v) is 7.50. The summed E-state index contributed by atoms with van der Waals surface area (Å²) in [6, 6.07) is 0. The summed E-state index contributed by atoms with van der Waals surface area (Å²) in [5.74, 6) is -2.03. The van der Waals surface area contributed by atoms with E-state index in [4.69, 9.17) is 19.2 Å². The Morgan fingerprint density at radius 3 is 2.67 bits per heavy atom. The first-order chi connectivity index (χ1) is 11.1. The van der Waals surface area contributed by atoms with Crippen LogP contribution in [0, 0.1) is 11.8 Å². The lowest BCUT2D eigenvalue weighted by molar-refractivity contribution is -0.361. The summed E-state index contributed by atoms with van der Waals surface area (Å²) in [5.41, 5.74) is -3.17. The maximum Gasteiger partial charge on any atom is 0.334 e. The molecule has 24 heavy (non-hydrogen) atoms. The zero-order chi connectivity index (χ0) is 17.5. The number of aliphatic hydroxyl groups is 1. The average Bonchev–Trinajstić information content (AvgIpc) is 3.01. The SMILES string of the molecule is C=C1C(=O)O[C@H]2[C@H]1[C@@H](OC(C)=O)C[C@@](C)(O)[C@@]13C=C[C@@](C)(OO1)[C@H]23. The van der Waals surface area contributed by atoms with E-state index in [9.17, 15) is 14.7 Å². The van der Waals surface area contributed by atoms with Crippen LogP contribution in [0.15, 0.2) is 24.3 Å². The molecule has 3 fully saturated rings. The first kappa shape index (κ1) is 15.8. The number of hydrogen-bond acceptors (Lipinski definition) is 7. The van der Waals surface area contributed by atoms with E-state index < -0.39 is 52.8 Å². The van der Waals surface area contributed by atoms with Crippen molar-refractivity contribution in [2.45, 2.75) is 56.2 Å². The Balaban J connectivity index is 1.87. The molecule has 4 aliphatic rings. The molecule has 2 heterocycles. The Hall–Kier alpha value is -1.70. The van der Waals surface area contributed by atoms with Gasteiger partial charge in [0.15, 0.2) is 5.60 Å². The molecule has 1 N–H and O–H groups in total. The molecule has 130 valence electrons. The smallest absolute Gasteiger partial charge is 0.334 e. The monoisotopic (exact) mass is 336 g/mol. The van der Waals surface area contributed by atoms with Crippen molar-refractivity contribution in [1.29, 1.82) is 0 Å². The van der Waals surface area contributed by atoms with Gasteiger partial charge in [0.25, 0.3) is 0 Å². The van der Waals surface area contributed by atoms with Crippen molar-refractivity contribution in [2.24, 2.45) is 11.8 Å². The summed E-state index contributed by atoms with van der Waals surface area (Å²) < 4.78 is 11.0. The summed E-state index contributed by atoms with van der Waals surface area (Å²) in [6.45, 7) is 8.55. The van der Waals surface area contributed by atoms with Gasteiger partial charge in [0.05, 0.1) is 11.8 Å². The van der Waals surface area contributed by atoms with Crippen LogP contribution in [0.3, 0.4) is 0 Å². The minimum absolute atomic E-state index is 0.0731. The van der Waals surface area contributed by atoms with Crippen LogP contribution in [0.1, 0.15) is 27.2 Å². The second kappa shape index (κ2) is 4.47. The van der Waals surface area contributed by atoms with Crippen LogP contribution in [0.5, 0.6) is 0 Å². The Kier molecular flexibility index (Phi) is 2.95. The molecular weight excluding hydrogens is 316 g/mol. The van der Waals surface area contributed by atoms with Crippen molar-refractivity contribution in [1.82, 2.24) is 0 Å². The highest BCUT2D eigenvalue weighted by Crippen LogP contribution is 2.61. The van der Waals surface area contributed by atoms with E-state index in [0.717, 1.165) is 0 Å². The fourth-order valence-electron chi connectivity index (χ4n) is 4.74. The Morgan fingerprint density at radius 2 is 2.08 bits per heavy atom. The molecule has 2 saturated heterocycles. The van der Waals surface area contributed by atoms with Gasteiger partial charge in [0.1, 0.15) is 23.4 Å². The first-order valence-electron chi connectivity index (χ1n) is 7.98. The average molecular weight is 336 g/mol. The van der Waals surface area contributed by atoms with Crippen molar-refractivity contribution in [3.63, 3.8) is 0 Å². The molecule has 0 unspecified atom stereocenters. The van der Waals surface area contributed by atoms with E-state index in [2.05, 4.69) is 6.58 Å². The van der Waals surface area contributed by atoms with E-state index in [1.54, 1.807) is 13.0 Å². The van der Waals surface area contributed by atoms with Crippen molar-refractivity contribution >= 4 is 11.9 Å². The van der Waals surface area contributed by atoms with Gasteiger partial charge in [-0.3, -0.25) is 4.79 Å². The fraction of sp³-hybridized carbons (Fsp3) is 0.647. The molecule has 0 amide bonds. The summed E-state index contributed by atoms with van der Waals surface area (Å²) >= 11 is 0. The highest BCUT2D eigenvalue weighted by Gasteiger charge is 2.75. The number of carbonyl (C=O) groups excluding carboxylic acids is 2. The molecule has 7 nitrogen and oxygen atoms in total. The molecular formula is C17H20O7. The van der Waals surface area contributed by atoms with Crippen molar-refractivity contribution < 1.29 is 33.9 Å². The minimum Gasteiger partial charge on any atom is -0.462 e. The molecule has 7 heteroatoms. The molecule has 0 radical (unpaired) electrons. The number of hydrogen-bond donors (Lipinski definition) is 1. The molecule has 0 spiro atoms. The fourth-order valence-corrected chi connectivity index (χ4v) is 4.74. The Bertz CT molecular complexity index is 680. The molecule has 2 aliphatic carbocycles. The number of esters is 2. The maximum absolute atomic E-state index is 12.1. The van der Waals surface area contributed by atoms with Gasteiger partial charge in [-0.05, 0) is 19.9 Å². The molecule has 2 aliphatic heterocycles. The molecule has 1 saturated carbocycles. The molecule has 0 aromatic rings. The second-order valence-electron chi connectivity index (χ2n) is 7.50. The van der Waals surface area contributed by atoms with E-state index in [1.807, 2.05) is 13.0 Å². The number of fused-ring (bicyclic) bond motifs is 1. The van der Waals surface area contributed by atoms with Crippen molar-refractivity contribution in [3.8, 4) is 0 Å². The minimum atomic E-state index is -1.39. The topological polar surface area (TPSA) is 91.3 Å². The normalized spacial score (nSPS) is 51.8. The molecule has 0 aromatic heterocycles. The lowest BCUT2D eigenvalue weighted by Crippen LogP contribution is -2.56. The highest BCUT2D eigenvalue weighted by molar-refractivity contribution is 5.91. The molecule has 0 aromatic carbocycles. The van der Waals surface area contributed by atoms with Crippen LogP contribution >= 0.6 is 0 Å². The summed E-state index contributed by atoms with van der Waals surface area (Å²) in [7, 11) is 0. The Morgan fingerprint density at radius 1 is 1.38 bits per heavy atom. The predicted octanol–water partition coefficient (Wildman–Crippen LogP) is 0.816. The third kappa shape index (κ3) is 1.72.